The van der Waals surface area contributed by atoms with E-state index in [0.717, 1.165) is 0 Å². The molecule has 0 saturated heterocycles. The summed E-state index contributed by atoms with van der Waals surface area (Å²) in [5, 5.41) is 37.8. The van der Waals surface area contributed by atoms with Crippen molar-refractivity contribution in [2.24, 2.45) is 5.41 Å². The van der Waals surface area contributed by atoms with Crippen LogP contribution in [0.4, 0.5) is 0 Å². The Kier molecular flexibility index (Phi) is 2.60. The Balaban J connectivity index is 2.98. The first kappa shape index (κ1) is 12.4. The molecule has 2 unspecified atom stereocenters. The third-order valence-corrected chi connectivity index (χ3v) is 3.72. The smallest absolute Gasteiger partial charge is 0.189 e. The quantitative estimate of drug-likeness (QED) is 0.708. The number of fused-ring (bicyclic) bond motifs is 1. The van der Waals surface area contributed by atoms with Crippen LogP contribution in [-0.2, 0) is 5.41 Å². The van der Waals surface area contributed by atoms with Crippen LogP contribution in [0, 0.1) is 50.7 Å². The van der Waals surface area contributed by atoms with Crippen molar-refractivity contribution in [2.75, 3.05) is 0 Å². The standard InChI is InChI=1S/C15H8N4/c1-2-14(8-17)12-6-4-3-5-11(12)13(7-16)15(14,9-18)10-19/h2-6,13H,1H2. The summed E-state index contributed by atoms with van der Waals surface area (Å²) in [6, 6.07) is 14.6. The summed E-state index contributed by atoms with van der Waals surface area (Å²) < 4.78 is 0. The van der Waals surface area contributed by atoms with Crippen LogP contribution in [0.2, 0.25) is 0 Å². The third kappa shape index (κ3) is 1.13. The molecule has 0 amide bonds. The predicted molar refractivity (Wildman–Crippen MR) is 65.9 cm³/mol. The van der Waals surface area contributed by atoms with E-state index in [9.17, 15) is 21.0 Å². The van der Waals surface area contributed by atoms with E-state index in [2.05, 4.69) is 6.58 Å². The second-order valence-electron chi connectivity index (χ2n) is 4.30. The molecule has 2 atom stereocenters. The van der Waals surface area contributed by atoms with Gasteiger partial charge in [0.2, 0.25) is 0 Å². The lowest BCUT2D eigenvalue weighted by Crippen LogP contribution is -2.39. The highest BCUT2D eigenvalue weighted by Crippen LogP contribution is 2.58. The molecule has 0 fully saturated rings. The van der Waals surface area contributed by atoms with Crippen LogP contribution in [0.3, 0.4) is 0 Å². The number of rotatable bonds is 1. The van der Waals surface area contributed by atoms with Gasteiger partial charge in [-0.2, -0.15) is 21.0 Å². The maximum absolute atomic E-state index is 9.54. The fourth-order valence-corrected chi connectivity index (χ4v) is 2.74. The zero-order valence-electron chi connectivity index (χ0n) is 9.96. The fourth-order valence-electron chi connectivity index (χ4n) is 2.74. The number of hydrogen-bond donors (Lipinski definition) is 0. The molecule has 19 heavy (non-hydrogen) atoms. The Bertz CT molecular complexity index is 706. The minimum absolute atomic E-state index is 0.516. The zero-order chi connectivity index (χ0) is 14.1. The van der Waals surface area contributed by atoms with E-state index in [-0.39, 0.29) is 0 Å². The van der Waals surface area contributed by atoms with Gasteiger partial charge in [0.05, 0.1) is 24.3 Å². The van der Waals surface area contributed by atoms with Crippen LogP contribution in [0.15, 0.2) is 36.9 Å². The molecule has 0 spiro atoms. The summed E-state index contributed by atoms with van der Waals surface area (Å²) in [6.45, 7) is 3.61. The summed E-state index contributed by atoms with van der Waals surface area (Å²) in [6.07, 6.45) is 1.30. The molecule has 0 heterocycles. The highest BCUT2D eigenvalue weighted by molar-refractivity contribution is 5.62. The number of nitrogens with zero attached hydrogens (tertiary/aromatic N) is 4. The molecule has 0 radical (unpaired) electrons. The van der Waals surface area contributed by atoms with Crippen molar-refractivity contribution in [3.63, 3.8) is 0 Å². The Morgan fingerprint density at radius 3 is 2.16 bits per heavy atom. The van der Waals surface area contributed by atoms with Gasteiger partial charge in [0.15, 0.2) is 5.41 Å². The van der Waals surface area contributed by atoms with Gasteiger partial charge >= 0.3 is 0 Å². The number of benzene rings is 1. The Morgan fingerprint density at radius 1 is 1.05 bits per heavy atom. The molecule has 0 aliphatic heterocycles. The summed E-state index contributed by atoms with van der Waals surface area (Å²) in [7, 11) is 0. The highest BCUT2D eigenvalue weighted by atomic mass is 14.6. The molecule has 4 heteroatoms. The Labute approximate surface area is 111 Å². The molecule has 0 saturated carbocycles. The van der Waals surface area contributed by atoms with Gasteiger partial charge in [-0.15, -0.1) is 6.58 Å². The predicted octanol–water partition coefficient (Wildman–Crippen LogP) is 2.29. The van der Waals surface area contributed by atoms with Gasteiger partial charge in [0.1, 0.15) is 11.3 Å². The van der Waals surface area contributed by atoms with E-state index in [1.54, 1.807) is 24.3 Å². The first-order valence-electron chi connectivity index (χ1n) is 5.53. The van der Waals surface area contributed by atoms with Gasteiger partial charge in [-0.3, -0.25) is 0 Å². The monoisotopic (exact) mass is 244 g/mol. The summed E-state index contributed by atoms with van der Waals surface area (Å²) >= 11 is 0. The van der Waals surface area contributed by atoms with E-state index in [1.165, 1.54) is 6.08 Å². The van der Waals surface area contributed by atoms with Crippen LogP contribution >= 0.6 is 0 Å². The van der Waals surface area contributed by atoms with E-state index >= 15 is 0 Å². The van der Waals surface area contributed by atoms with Gasteiger partial charge < -0.3 is 0 Å². The summed E-state index contributed by atoms with van der Waals surface area (Å²) in [4.78, 5) is 0. The van der Waals surface area contributed by atoms with Crippen LogP contribution < -0.4 is 0 Å². The van der Waals surface area contributed by atoms with Crippen molar-refractivity contribution in [1.29, 1.82) is 21.0 Å². The van der Waals surface area contributed by atoms with Gasteiger partial charge in [-0.1, -0.05) is 30.3 Å². The molecule has 2 rings (SSSR count). The Morgan fingerprint density at radius 2 is 1.68 bits per heavy atom. The fraction of sp³-hybridized carbons (Fsp3) is 0.200. The van der Waals surface area contributed by atoms with Gasteiger partial charge in [0, 0.05) is 0 Å². The number of hydrogen-bond acceptors (Lipinski definition) is 4. The van der Waals surface area contributed by atoms with Crippen LogP contribution in [-0.4, -0.2) is 0 Å². The van der Waals surface area contributed by atoms with Crippen LogP contribution in [0.1, 0.15) is 17.0 Å². The number of nitriles is 4. The largest absolute Gasteiger partial charge is 0.198 e. The minimum atomic E-state index is -1.76. The maximum Gasteiger partial charge on any atom is 0.189 e. The summed E-state index contributed by atoms with van der Waals surface area (Å²) in [5.74, 6) is -0.962. The lowest BCUT2D eigenvalue weighted by molar-refractivity contribution is 0.398. The third-order valence-electron chi connectivity index (χ3n) is 3.72. The van der Waals surface area contributed by atoms with Crippen molar-refractivity contribution in [1.82, 2.24) is 0 Å². The molecular formula is C15H8N4. The lowest BCUT2D eigenvalue weighted by Gasteiger charge is -2.29. The topological polar surface area (TPSA) is 95.2 Å². The van der Waals surface area contributed by atoms with E-state index in [0.29, 0.717) is 11.1 Å². The van der Waals surface area contributed by atoms with E-state index in [4.69, 9.17) is 0 Å². The first-order chi connectivity index (χ1) is 9.17. The van der Waals surface area contributed by atoms with Crippen LogP contribution in [0.5, 0.6) is 0 Å². The van der Waals surface area contributed by atoms with Crippen LogP contribution in [0.25, 0.3) is 0 Å². The molecule has 4 nitrogen and oxygen atoms in total. The molecule has 1 aromatic carbocycles. The normalized spacial score (nSPS) is 26.0. The van der Waals surface area contributed by atoms with Gasteiger partial charge in [0.25, 0.3) is 0 Å². The Hall–Kier alpha value is -3.08. The second kappa shape index (κ2) is 3.99. The zero-order valence-corrected chi connectivity index (χ0v) is 9.96. The van der Waals surface area contributed by atoms with Gasteiger partial charge in [-0.25, -0.2) is 0 Å². The average molecular weight is 244 g/mol. The molecule has 1 aliphatic rings. The van der Waals surface area contributed by atoms with Crippen molar-refractivity contribution in [3.8, 4) is 24.3 Å². The highest BCUT2D eigenvalue weighted by Gasteiger charge is 2.64. The molecule has 1 aromatic rings. The van der Waals surface area contributed by atoms with Crippen molar-refractivity contribution in [3.05, 3.63) is 48.0 Å². The van der Waals surface area contributed by atoms with E-state index in [1.807, 2.05) is 24.3 Å². The van der Waals surface area contributed by atoms with Crippen molar-refractivity contribution in [2.45, 2.75) is 11.3 Å². The van der Waals surface area contributed by atoms with Crippen molar-refractivity contribution >= 4 is 0 Å². The number of allylic oxidation sites excluding steroid dienone is 1. The lowest BCUT2D eigenvalue weighted by atomic mass is 9.63. The molecule has 0 N–H and O–H groups in total. The minimum Gasteiger partial charge on any atom is -0.198 e. The molecule has 0 aromatic heterocycles. The molecular weight excluding hydrogens is 236 g/mol. The molecule has 88 valence electrons. The summed E-state index contributed by atoms with van der Waals surface area (Å²) in [5.41, 5.74) is -2.17. The van der Waals surface area contributed by atoms with E-state index < -0.39 is 16.7 Å². The average Bonchev–Trinajstić information content (AvgIpc) is 2.73. The molecule has 1 aliphatic carbocycles. The van der Waals surface area contributed by atoms with Gasteiger partial charge in [-0.05, 0) is 11.1 Å². The SMILES string of the molecule is C=CC1(C#N)c2ccccc2C(C#N)C1(C#N)C#N. The molecule has 0 bridgehead atoms. The maximum atomic E-state index is 9.54. The first-order valence-corrected chi connectivity index (χ1v) is 5.53. The second-order valence-corrected chi connectivity index (χ2v) is 4.30. The van der Waals surface area contributed by atoms with Crippen molar-refractivity contribution < 1.29 is 0 Å².